The molecule has 10 heteroatoms. The lowest BCUT2D eigenvalue weighted by atomic mass is 9.60. The van der Waals surface area contributed by atoms with E-state index < -0.39 is 52.0 Å². The molecule has 0 spiro atoms. The lowest BCUT2D eigenvalue weighted by Crippen LogP contribution is -2.57. The van der Waals surface area contributed by atoms with Gasteiger partial charge in [0.2, 0.25) is 5.78 Å². The molecule has 2 aromatic carbocycles. The average Bonchev–Trinajstić information content (AvgIpc) is 3.40. The van der Waals surface area contributed by atoms with Crippen molar-refractivity contribution in [3.05, 3.63) is 99.7 Å². The number of aliphatic hydroxyl groups is 3. The zero-order valence-corrected chi connectivity index (χ0v) is 21.9. The lowest BCUT2D eigenvalue weighted by molar-refractivity contribution is -0.144. The molecule has 3 aliphatic rings. The van der Waals surface area contributed by atoms with E-state index in [1.54, 1.807) is 12.1 Å². The molecule has 0 bridgehead atoms. The van der Waals surface area contributed by atoms with Crippen LogP contribution < -0.4 is 11.1 Å². The zero-order chi connectivity index (χ0) is 29.1. The number of carbonyl (C=O) groups is 3. The maximum atomic E-state index is 13.8. The van der Waals surface area contributed by atoms with Crippen molar-refractivity contribution in [3.8, 4) is 17.1 Å². The number of benzene rings is 2. The molecule has 3 aliphatic carbocycles. The summed E-state index contributed by atoms with van der Waals surface area (Å²) in [6.45, 7) is 1.12. The summed E-state index contributed by atoms with van der Waals surface area (Å²) in [5, 5.41) is 46.9. The van der Waals surface area contributed by atoms with Crippen molar-refractivity contribution >= 4 is 17.5 Å². The van der Waals surface area contributed by atoms with Gasteiger partial charge in [-0.1, -0.05) is 30.3 Å². The Balaban J connectivity index is 1.33. The summed E-state index contributed by atoms with van der Waals surface area (Å²) >= 11 is 0. The Morgan fingerprint density at radius 1 is 1.00 bits per heavy atom. The van der Waals surface area contributed by atoms with Gasteiger partial charge in [0.15, 0.2) is 11.4 Å². The molecule has 1 heterocycles. The molecule has 0 saturated carbocycles. The number of hydrogen-bond donors (Lipinski definition) is 6. The van der Waals surface area contributed by atoms with Gasteiger partial charge in [-0.3, -0.25) is 14.4 Å². The van der Waals surface area contributed by atoms with Crippen molar-refractivity contribution in [3.63, 3.8) is 0 Å². The fourth-order valence-electron chi connectivity index (χ4n) is 6.39. The molecule has 10 nitrogen and oxygen atoms in total. The van der Waals surface area contributed by atoms with Crippen LogP contribution in [0, 0.1) is 11.8 Å². The molecule has 3 atom stereocenters. The molecular weight excluding hydrogens is 528 g/mol. The number of allylic oxidation sites excluding steroid dienone is 2. The van der Waals surface area contributed by atoms with Crippen LogP contribution in [-0.2, 0) is 29.1 Å². The Morgan fingerprint density at radius 3 is 2.49 bits per heavy atom. The van der Waals surface area contributed by atoms with E-state index in [0.29, 0.717) is 35.7 Å². The number of carbonyl (C=O) groups excluding carboxylic acids is 3. The Kier molecular flexibility index (Phi) is 6.32. The minimum atomic E-state index is -2.59. The second-order valence-corrected chi connectivity index (χ2v) is 10.8. The molecule has 3 aromatic rings. The van der Waals surface area contributed by atoms with E-state index in [4.69, 9.17) is 10.2 Å². The molecule has 1 amide bonds. The van der Waals surface area contributed by atoms with Crippen molar-refractivity contribution in [1.82, 2.24) is 5.32 Å². The molecule has 0 aliphatic heterocycles. The van der Waals surface area contributed by atoms with Gasteiger partial charge in [-0.15, -0.1) is 0 Å². The van der Waals surface area contributed by atoms with E-state index in [-0.39, 0.29) is 36.1 Å². The number of ketones is 2. The number of hydrogen-bond acceptors (Lipinski definition) is 9. The van der Waals surface area contributed by atoms with Gasteiger partial charge in [-0.05, 0) is 54.2 Å². The van der Waals surface area contributed by atoms with Gasteiger partial charge in [-0.2, -0.15) is 0 Å². The smallest absolute Gasteiger partial charge is 0.255 e. The van der Waals surface area contributed by atoms with E-state index in [1.807, 2.05) is 36.4 Å². The number of phenolic OH excluding ortho intramolecular Hbond substituents is 1. The SMILES string of the molecule is NC(=O)C1=C(O)C[C@@H]2C[C@@H]3Cc4c(-c5ccc(CNCc6ccccc6)o5)ccc(O)c4C(=O)C3=C(O)[C@]2(O)C1=O. The van der Waals surface area contributed by atoms with Gasteiger partial charge >= 0.3 is 0 Å². The van der Waals surface area contributed by atoms with Crippen molar-refractivity contribution in [2.75, 3.05) is 0 Å². The van der Waals surface area contributed by atoms with Crippen molar-refractivity contribution in [2.24, 2.45) is 17.6 Å². The molecule has 41 heavy (non-hydrogen) atoms. The standard InChI is InChI=1S/C31H28N2O8/c32-30(39)26-22(35)12-17-10-16-11-20-19(23-9-6-18(41-23)14-33-13-15-4-2-1-3-5-15)7-8-21(34)25(20)27(36)24(16)28(37)31(17,40)29(26)38/h1-9,16-17,33-35,37,40H,10-14H2,(H2,32,39)/t16-,17+,31+/m1/s1. The van der Waals surface area contributed by atoms with Crippen LogP contribution in [-0.4, -0.2) is 43.5 Å². The first kappa shape index (κ1) is 26.5. The molecular formula is C31H28N2O8. The van der Waals surface area contributed by atoms with E-state index in [1.165, 1.54) is 6.07 Å². The molecule has 0 saturated heterocycles. The number of fused-ring (bicyclic) bond motifs is 3. The number of Topliss-reactive ketones (excluding diaryl/α,β-unsaturated/α-hetero) is 2. The second-order valence-electron chi connectivity index (χ2n) is 10.8. The Hall–Kier alpha value is -4.67. The normalized spacial score (nSPS) is 23.7. The van der Waals surface area contributed by atoms with E-state index in [9.17, 15) is 34.8 Å². The summed E-state index contributed by atoms with van der Waals surface area (Å²) in [5.74, 6) is -5.42. The highest BCUT2D eigenvalue weighted by Gasteiger charge is 2.59. The number of furan rings is 1. The number of aliphatic hydroxyl groups excluding tert-OH is 2. The van der Waals surface area contributed by atoms with E-state index >= 15 is 0 Å². The monoisotopic (exact) mass is 556 g/mol. The molecule has 0 radical (unpaired) electrons. The quantitative estimate of drug-likeness (QED) is 0.248. The van der Waals surface area contributed by atoms with Crippen LogP contribution in [0.15, 0.2) is 81.7 Å². The predicted molar refractivity (Wildman–Crippen MR) is 146 cm³/mol. The van der Waals surface area contributed by atoms with Crippen LogP contribution in [0.4, 0.5) is 0 Å². The molecule has 0 unspecified atom stereocenters. The van der Waals surface area contributed by atoms with Crippen LogP contribution in [0.2, 0.25) is 0 Å². The maximum absolute atomic E-state index is 13.8. The minimum absolute atomic E-state index is 0.0562. The first-order valence-electron chi connectivity index (χ1n) is 13.3. The second kappa shape index (κ2) is 9.76. The first-order chi connectivity index (χ1) is 19.6. The average molecular weight is 557 g/mol. The number of nitrogens with two attached hydrogens (primary N) is 1. The lowest BCUT2D eigenvalue weighted by Gasteiger charge is -2.45. The summed E-state index contributed by atoms with van der Waals surface area (Å²) in [6.07, 6.45) is -0.0228. The summed E-state index contributed by atoms with van der Waals surface area (Å²) in [7, 11) is 0. The highest BCUT2D eigenvalue weighted by Crippen LogP contribution is 2.52. The fourth-order valence-corrected chi connectivity index (χ4v) is 6.39. The number of aromatic hydroxyl groups is 1. The van der Waals surface area contributed by atoms with Crippen LogP contribution in [0.3, 0.4) is 0 Å². The van der Waals surface area contributed by atoms with Crippen molar-refractivity contribution in [2.45, 2.75) is 38.0 Å². The Bertz CT molecular complexity index is 1670. The predicted octanol–water partition coefficient (Wildman–Crippen LogP) is 3.13. The Morgan fingerprint density at radius 2 is 1.76 bits per heavy atom. The molecule has 6 rings (SSSR count). The molecule has 210 valence electrons. The van der Waals surface area contributed by atoms with Gasteiger partial charge in [-0.25, -0.2) is 0 Å². The molecule has 7 N–H and O–H groups in total. The fraction of sp³-hybridized carbons (Fsp3) is 0.258. The first-order valence-corrected chi connectivity index (χ1v) is 13.3. The Labute approximate surface area is 234 Å². The minimum Gasteiger partial charge on any atom is -0.511 e. The summed E-state index contributed by atoms with van der Waals surface area (Å²) in [6, 6.07) is 16.6. The van der Waals surface area contributed by atoms with Gasteiger partial charge in [0, 0.05) is 30.0 Å². The van der Waals surface area contributed by atoms with Crippen LogP contribution >= 0.6 is 0 Å². The van der Waals surface area contributed by atoms with Gasteiger partial charge in [0.1, 0.15) is 34.4 Å². The van der Waals surface area contributed by atoms with Crippen LogP contribution in [0.1, 0.15) is 40.1 Å². The number of phenols is 1. The zero-order valence-electron chi connectivity index (χ0n) is 21.9. The van der Waals surface area contributed by atoms with Crippen molar-refractivity contribution < 1.29 is 39.2 Å². The summed E-state index contributed by atoms with van der Waals surface area (Å²) in [5.41, 5.74) is 3.84. The topological polar surface area (TPSA) is 183 Å². The van der Waals surface area contributed by atoms with Gasteiger partial charge in [0.05, 0.1) is 12.1 Å². The summed E-state index contributed by atoms with van der Waals surface area (Å²) in [4.78, 5) is 38.7. The number of nitrogens with one attached hydrogen (secondary N) is 1. The third-order valence-corrected chi connectivity index (χ3v) is 8.34. The third-order valence-electron chi connectivity index (χ3n) is 8.34. The van der Waals surface area contributed by atoms with Gasteiger partial charge in [0.25, 0.3) is 5.91 Å². The maximum Gasteiger partial charge on any atom is 0.255 e. The molecule has 1 aromatic heterocycles. The largest absolute Gasteiger partial charge is 0.511 e. The van der Waals surface area contributed by atoms with Crippen LogP contribution in [0.25, 0.3) is 11.3 Å². The van der Waals surface area contributed by atoms with E-state index in [0.717, 1.165) is 5.56 Å². The number of rotatable bonds is 6. The van der Waals surface area contributed by atoms with E-state index in [2.05, 4.69) is 5.32 Å². The third kappa shape index (κ3) is 4.14. The number of amides is 1. The highest BCUT2D eigenvalue weighted by molar-refractivity contribution is 6.24. The highest BCUT2D eigenvalue weighted by atomic mass is 16.4. The van der Waals surface area contributed by atoms with Gasteiger partial charge < -0.3 is 35.9 Å². The summed E-state index contributed by atoms with van der Waals surface area (Å²) < 4.78 is 6.09. The molecule has 0 fully saturated rings. The van der Waals surface area contributed by atoms with Crippen LogP contribution in [0.5, 0.6) is 5.75 Å². The van der Waals surface area contributed by atoms with Crippen molar-refractivity contribution in [1.29, 1.82) is 0 Å². The number of primary amides is 1.